The Morgan fingerprint density at radius 3 is 2.49 bits per heavy atom. The molecule has 1 aliphatic rings. The number of aliphatic carboxylic acids is 1. The van der Waals surface area contributed by atoms with Gasteiger partial charge in [-0.25, -0.2) is 4.39 Å². The fourth-order valence-corrected chi connectivity index (χ4v) is 4.66. The number of fused-ring (bicyclic) bond motifs is 2. The van der Waals surface area contributed by atoms with E-state index in [1.807, 2.05) is 24.3 Å². The van der Waals surface area contributed by atoms with Gasteiger partial charge in [0.25, 0.3) is 11.8 Å². The van der Waals surface area contributed by atoms with Crippen LogP contribution in [0.3, 0.4) is 0 Å². The number of rotatable bonds is 7. The fraction of sp³-hybridized carbons (Fsp3) is 0.143. The molecule has 2 heterocycles. The van der Waals surface area contributed by atoms with Crippen molar-refractivity contribution in [1.29, 1.82) is 0 Å². The van der Waals surface area contributed by atoms with Crippen molar-refractivity contribution in [2.45, 2.75) is 18.4 Å². The van der Waals surface area contributed by atoms with Crippen LogP contribution in [0.1, 0.15) is 28.9 Å². The summed E-state index contributed by atoms with van der Waals surface area (Å²) >= 11 is 0. The molecular formula is C28H22FN3O5. The Morgan fingerprint density at radius 2 is 1.76 bits per heavy atom. The first-order valence-electron chi connectivity index (χ1n) is 11.5. The maximum atomic E-state index is 14.9. The highest BCUT2D eigenvalue weighted by Gasteiger charge is 2.53. The first kappa shape index (κ1) is 23.9. The van der Waals surface area contributed by atoms with Crippen molar-refractivity contribution >= 4 is 39.9 Å². The number of halogens is 1. The lowest BCUT2D eigenvalue weighted by atomic mass is 9.86. The standard InChI is InChI=1S/C28H22FN3O5/c1-37-19-10-11-20-24(15-19)32(23-9-5-4-8-21(23)29)27(36)28(20,13-12-25(33)34)31-26(35)22-14-17-6-2-3-7-18(17)16-30-22/h2-11,14-16H,12-13H2,1H3,(H,31,35)(H,33,34). The number of methoxy groups -OCH3 is 1. The van der Waals surface area contributed by atoms with Crippen LogP contribution in [0.2, 0.25) is 0 Å². The number of hydrogen-bond donors (Lipinski definition) is 2. The number of carbonyl (C=O) groups excluding carboxylic acids is 2. The van der Waals surface area contributed by atoms with Gasteiger partial charge in [-0.15, -0.1) is 0 Å². The van der Waals surface area contributed by atoms with Gasteiger partial charge in [-0.3, -0.25) is 24.3 Å². The average molecular weight is 499 g/mol. The predicted octanol–water partition coefficient (Wildman–Crippen LogP) is 4.55. The number of carboxylic acid groups (broad SMARTS) is 1. The van der Waals surface area contributed by atoms with Gasteiger partial charge >= 0.3 is 5.97 Å². The molecule has 0 spiro atoms. The van der Waals surface area contributed by atoms with E-state index in [2.05, 4.69) is 10.3 Å². The van der Waals surface area contributed by atoms with E-state index in [4.69, 9.17) is 4.74 Å². The van der Waals surface area contributed by atoms with Crippen LogP contribution in [0.5, 0.6) is 5.75 Å². The number of hydrogen-bond acceptors (Lipinski definition) is 5. The third-order valence-electron chi connectivity index (χ3n) is 6.47. The van der Waals surface area contributed by atoms with Crippen LogP contribution in [0.4, 0.5) is 15.8 Å². The van der Waals surface area contributed by atoms with E-state index in [0.29, 0.717) is 11.3 Å². The van der Waals surface area contributed by atoms with Crippen molar-refractivity contribution in [2.24, 2.45) is 0 Å². The lowest BCUT2D eigenvalue weighted by Crippen LogP contribution is -2.52. The summed E-state index contributed by atoms with van der Waals surface area (Å²) in [5, 5.41) is 13.9. The lowest BCUT2D eigenvalue weighted by Gasteiger charge is -2.29. The minimum absolute atomic E-state index is 0.0303. The molecule has 1 atom stereocenters. The van der Waals surface area contributed by atoms with Gasteiger partial charge in [0.1, 0.15) is 22.8 Å². The third-order valence-corrected chi connectivity index (χ3v) is 6.47. The molecule has 8 nitrogen and oxygen atoms in total. The van der Waals surface area contributed by atoms with Crippen molar-refractivity contribution in [3.05, 3.63) is 96.1 Å². The van der Waals surface area contributed by atoms with E-state index in [-0.39, 0.29) is 23.5 Å². The van der Waals surface area contributed by atoms with Gasteiger partial charge in [-0.2, -0.15) is 0 Å². The summed E-state index contributed by atoms with van der Waals surface area (Å²) in [4.78, 5) is 44.6. The van der Waals surface area contributed by atoms with Gasteiger partial charge in [-0.1, -0.05) is 42.5 Å². The summed E-state index contributed by atoms with van der Waals surface area (Å²) in [6, 6.07) is 19.5. The van der Waals surface area contributed by atoms with Gasteiger partial charge in [0.15, 0.2) is 0 Å². The van der Waals surface area contributed by atoms with Crippen LogP contribution < -0.4 is 15.0 Å². The first-order chi connectivity index (χ1) is 17.8. The molecule has 2 N–H and O–H groups in total. The summed E-state index contributed by atoms with van der Waals surface area (Å²) in [6.45, 7) is 0. The molecule has 0 saturated carbocycles. The zero-order valence-electron chi connectivity index (χ0n) is 19.8. The molecule has 186 valence electrons. The topological polar surface area (TPSA) is 109 Å². The second-order valence-electron chi connectivity index (χ2n) is 8.64. The van der Waals surface area contributed by atoms with Gasteiger partial charge in [-0.05, 0) is 36.1 Å². The normalized spacial score (nSPS) is 16.5. The highest BCUT2D eigenvalue weighted by Crippen LogP contribution is 2.48. The predicted molar refractivity (Wildman–Crippen MR) is 134 cm³/mol. The van der Waals surface area contributed by atoms with Crippen LogP contribution in [0.25, 0.3) is 10.8 Å². The quantitative estimate of drug-likeness (QED) is 0.386. The highest BCUT2D eigenvalue weighted by atomic mass is 19.1. The number of para-hydroxylation sites is 1. The van der Waals surface area contributed by atoms with Crippen molar-refractivity contribution in [3.63, 3.8) is 0 Å². The molecule has 1 aromatic heterocycles. The zero-order valence-corrected chi connectivity index (χ0v) is 19.8. The number of ether oxygens (including phenoxy) is 1. The number of anilines is 2. The lowest BCUT2D eigenvalue weighted by molar-refractivity contribution is -0.137. The fourth-order valence-electron chi connectivity index (χ4n) is 4.66. The van der Waals surface area contributed by atoms with Crippen molar-refractivity contribution in [3.8, 4) is 5.75 Å². The van der Waals surface area contributed by atoms with Crippen molar-refractivity contribution in [2.75, 3.05) is 12.0 Å². The van der Waals surface area contributed by atoms with Crippen molar-refractivity contribution < 1.29 is 28.6 Å². The summed E-state index contributed by atoms with van der Waals surface area (Å²) in [5.41, 5.74) is -1.14. The minimum atomic E-state index is -1.79. The molecule has 1 unspecified atom stereocenters. The Kier molecular flexibility index (Phi) is 6.04. The Balaban J connectivity index is 1.65. The van der Waals surface area contributed by atoms with Crippen LogP contribution in [-0.4, -0.2) is 35.0 Å². The average Bonchev–Trinajstić information content (AvgIpc) is 3.14. The largest absolute Gasteiger partial charge is 0.497 e. The molecule has 0 aliphatic carbocycles. The summed E-state index contributed by atoms with van der Waals surface area (Å²) in [7, 11) is 1.46. The number of pyridine rings is 1. The summed E-state index contributed by atoms with van der Waals surface area (Å²) in [5.74, 6) is -2.74. The van der Waals surface area contributed by atoms with E-state index in [0.717, 1.165) is 15.7 Å². The summed E-state index contributed by atoms with van der Waals surface area (Å²) < 4.78 is 20.2. The number of carbonyl (C=O) groups is 3. The van der Waals surface area contributed by atoms with E-state index >= 15 is 0 Å². The number of amides is 2. The number of aromatic nitrogens is 1. The molecule has 0 fully saturated rings. The summed E-state index contributed by atoms with van der Waals surface area (Å²) in [6.07, 6.45) is 0.869. The van der Waals surface area contributed by atoms with Gasteiger partial charge in [0, 0.05) is 29.6 Å². The van der Waals surface area contributed by atoms with Crippen molar-refractivity contribution in [1.82, 2.24) is 10.3 Å². The van der Waals surface area contributed by atoms with Crippen LogP contribution in [0, 0.1) is 5.82 Å². The smallest absolute Gasteiger partial charge is 0.303 e. The molecular weight excluding hydrogens is 477 g/mol. The molecule has 1 aliphatic heterocycles. The molecule has 4 aromatic rings. The van der Waals surface area contributed by atoms with Gasteiger partial charge in [0.05, 0.1) is 18.5 Å². The van der Waals surface area contributed by atoms with E-state index in [1.165, 1.54) is 25.3 Å². The minimum Gasteiger partial charge on any atom is -0.497 e. The molecule has 0 saturated heterocycles. The SMILES string of the molecule is COc1ccc2c(c1)N(c1ccccc1F)C(=O)C2(CCC(=O)O)NC(=O)c1cc2ccccc2cn1. The Morgan fingerprint density at radius 1 is 1.03 bits per heavy atom. The van der Waals surface area contributed by atoms with Crippen LogP contribution in [0.15, 0.2) is 79.0 Å². The molecule has 9 heteroatoms. The zero-order chi connectivity index (χ0) is 26.2. The molecule has 0 bridgehead atoms. The Hall–Kier alpha value is -4.79. The van der Waals surface area contributed by atoms with Gasteiger partial charge < -0.3 is 15.2 Å². The Bertz CT molecular complexity index is 1560. The molecule has 2 amide bonds. The van der Waals surface area contributed by atoms with Crippen LogP contribution >= 0.6 is 0 Å². The monoisotopic (exact) mass is 499 g/mol. The maximum absolute atomic E-state index is 14.9. The number of nitrogens with one attached hydrogen (secondary N) is 1. The van der Waals surface area contributed by atoms with E-state index < -0.39 is 35.6 Å². The number of carboxylic acids is 1. The van der Waals surface area contributed by atoms with Gasteiger partial charge in [0.2, 0.25) is 0 Å². The number of benzene rings is 3. The van der Waals surface area contributed by atoms with E-state index in [9.17, 15) is 23.9 Å². The molecule has 5 rings (SSSR count). The molecule has 0 radical (unpaired) electrons. The van der Waals surface area contributed by atoms with E-state index in [1.54, 1.807) is 36.5 Å². The molecule has 3 aromatic carbocycles. The van der Waals surface area contributed by atoms with Crippen LogP contribution in [-0.2, 0) is 15.1 Å². The second kappa shape index (κ2) is 9.34. The second-order valence-corrected chi connectivity index (χ2v) is 8.64. The molecule has 37 heavy (non-hydrogen) atoms. The highest BCUT2D eigenvalue weighted by molar-refractivity contribution is 6.15. The first-order valence-corrected chi connectivity index (χ1v) is 11.5. The third kappa shape index (κ3) is 4.14. The Labute approximate surface area is 211 Å². The number of nitrogens with zero attached hydrogens (tertiary/aromatic N) is 2. The maximum Gasteiger partial charge on any atom is 0.303 e.